The van der Waals surface area contributed by atoms with Crippen LogP contribution in [0, 0.1) is 66.7 Å². The van der Waals surface area contributed by atoms with Crippen molar-refractivity contribution >= 4 is 43.6 Å². The summed E-state index contributed by atoms with van der Waals surface area (Å²) in [4.78, 5) is 61.6. The largest absolute Gasteiger partial charge is 0.309 e. The highest BCUT2D eigenvalue weighted by molar-refractivity contribution is 6.13. The molecule has 0 atom stereocenters. The summed E-state index contributed by atoms with van der Waals surface area (Å²) in [6.07, 6.45) is 0. The van der Waals surface area contributed by atoms with E-state index in [0.29, 0.717) is 81.1 Å². The second-order valence-electron chi connectivity index (χ2n) is 21.0. The number of aromatic nitrogens is 15. The quantitative estimate of drug-likeness (QED) is 0.132. The summed E-state index contributed by atoms with van der Waals surface area (Å²) in [5, 5.41) is 15.5. The molecule has 0 spiro atoms. The van der Waals surface area contributed by atoms with Gasteiger partial charge in [-0.15, -0.1) is 0 Å². The highest BCUT2D eigenvalue weighted by Crippen LogP contribution is 2.44. The predicted octanol–water partition coefficient (Wildman–Crippen LogP) is 14.0. The topological polar surface area (TPSA) is 201 Å². The predicted molar refractivity (Wildman–Crippen MR) is 327 cm³/mol. The van der Waals surface area contributed by atoms with Gasteiger partial charge in [-0.05, 0) is 158 Å². The van der Waals surface area contributed by atoms with Gasteiger partial charge in [-0.3, -0.25) is 0 Å². The maximum Gasteiger partial charge on any atom is 0.163 e. The molecular weight excluding hydrogens is 1040 g/mol. The number of benzene rings is 7. The smallest absolute Gasteiger partial charge is 0.163 e. The van der Waals surface area contributed by atoms with Crippen molar-refractivity contribution in [1.29, 1.82) is 5.26 Å². The molecule has 0 bridgehead atoms. The van der Waals surface area contributed by atoms with Crippen molar-refractivity contribution < 1.29 is 0 Å². The Bertz CT molecular complexity index is 4720. The van der Waals surface area contributed by atoms with E-state index in [0.717, 1.165) is 105 Å². The lowest BCUT2D eigenvalue weighted by Crippen LogP contribution is -2.05. The van der Waals surface area contributed by atoms with E-state index in [9.17, 15) is 5.26 Å². The van der Waals surface area contributed by atoms with E-state index >= 15 is 0 Å². The maximum atomic E-state index is 11.8. The first-order valence-electron chi connectivity index (χ1n) is 27.5. The van der Waals surface area contributed by atoms with Crippen LogP contribution in [0.5, 0.6) is 0 Å². The molecule has 16 nitrogen and oxygen atoms in total. The number of nitrogens with zero attached hydrogens (tertiary/aromatic N) is 16. The van der Waals surface area contributed by atoms with Crippen molar-refractivity contribution in [3.8, 4) is 96.6 Å². The third kappa shape index (κ3) is 9.10. The molecule has 0 radical (unpaired) electrons. The lowest BCUT2D eigenvalue weighted by Gasteiger charge is -2.20. The standard InChI is InChI=1S/C68H50N16/c1-36-70-37(2)75-65(74-36)46-19-23-59-53(27-46)54-28-47(66-76-38(3)71-39(4)77-66)20-24-60(54)83(59)63-34-52(50-31-57(44-15-11-9-12-16-44)82-58(32-50)45-17-13-10-14-18-45)64(33-51(63)35-69)84-61-25-21-48(67-78-40(5)72-41(6)79-67)29-55(61)56-30-49(22-26-62(56)84)68-80-42(7)73-43(8)81-68/h9-34H,1-8H3. The molecule has 0 aliphatic carbocycles. The number of hydrogen-bond donors (Lipinski definition) is 0. The van der Waals surface area contributed by atoms with Crippen molar-refractivity contribution in [1.82, 2.24) is 73.9 Å². The number of fused-ring (bicyclic) bond motifs is 6. The van der Waals surface area contributed by atoms with Crippen LogP contribution in [-0.2, 0) is 0 Å². The van der Waals surface area contributed by atoms with Crippen LogP contribution in [0.2, 0.25) is 0 Å². The molecule has 16 heteroatoms. The van der Waals surface area contributed by atoms with Gasteiger partial charge in [-0.25, -0.2) is 64.8 Å². The first-order chi connectivity index (χ1) is 40.8. The molecule has 7 heterocycles. The molecule has 7 aromatic heterocycles. The van der Waals surface area contributed by atoms with Crippen molar-refractivity contribution in [3.63, 3.8) is 0 Å². The van der Waals surface area contributed by atoms with Gasteiger partial charge in [0.2, 0.25) is 0 Å². The Kier molecular flexibility index (Phi) is 12.2. The molecule has 0 fully saturated rings. The zero-order chi connectivity index (χ0) is 57.5. The molecule has 0 saturated heterocycles. The third-order valence-electron chi connectivity index (χ3n) is 15.0. The van der Waals surface area contributed by atoms with Crippen LogP contribution in [0.1, 0.15) is 52.2 Å². The Labute approximate surface area is 482 Å². The lowest BCUT2D eigenvalue weighted by molar-refractivity contribution is 0.928. The van der Waals surface area contributed by atoms with Crippen molar-refractivity contribution in [2.24, 2.45) is 0 Å². The summed E-state index contributed by atoms with van der Waals surface area (Å²) < 4.78 is 4.45. The minimum Gasteiger partial charge on any atom is -0.309 e. The number of nitriles is 1. The van der Waals surface area contributed by atoms with Crippen LogP contribution in [0.15, 0.2) is 158 Å². The first-order valence-corrected chi connectivity index (χ1v) is 27.5. The molecular formula is C68H50N16. The third-order valence-corrected chi connectivity index (χ3v) is 15.0. The summed E-state index contributed by atoms with van der Waals surface area (Å²) in [7, 11) is 0. The molecule has 14 aromatic rings. The molecule has 0 N–H and O–H groups in total. The van der Waals surface area contributed by atoms with Gasteiger partial charge in [-0.1, -0.05) is 60.7 Å². The fourth-order valence-electron chi connectivity index (χ4n) is 11.6. The lowest BCUT2D eigenvalue weighted by atomic mass is 9.96. The molecule has 7 aromatic carbocycles. The van der Waals surface area contributed by atoms with Gasteiger partial charge in [-0.2, -0.15) is 5.26 Å². The summed E-state index contributed by atoms with van der Waals surface area (Å²) in [6, 6.07) is 56.8. The monoisotopic (exact) mass is 1090 g/mol. The highest BCUT2D eigenvalue weighted by Gasteiger charge is 2.25. The van der Waals surface area contributed by atoms with Crippen LogP contribution in [0.4, 0.5) is 0 Å². The Morgan fingerprint density at radius 2 is 0.595 bits per heavy atom. The molecule has 0 aliphatic rings. The van der Waals surface area contributed by atoms with E-state index in [4.69, 9.17) is 44.9 Å². The summed E-state index contributed by atoms with van der Waals surface area (Å²) in [5.74, 6) is 7.29. The average Bonchev–Trinajstić information content (AvgIpc) is 2.08. The van der Waals surface area contributed by atoms with E-state index in [-0.39, 0.29) is 0 Å². The Morgan fingerprint density at radius 1 is 0.286 bits per heavy atom. The van der Waals surface area contributed by atoms with Gasteiger partial charge in [0.05, 0.1) is 50.4 Å². The average molecular weight is 1090 g/mol. The fraction of sp³-hybridized carbons (Fsp3) is 0.118. The first kappa shape index (κ1) is 51.0. The van der Waals surface area contributed by atoms with Gasteiger partial charge in [0.15, 0.2) is 23.3 Å². The second-order valence-corrected chi connectivity index (χ2v) is 21.0. The van der Waals surface area contributed by atoms with Gasteiger partial charge in [0, 0.05) is 60.5 Å². The van der Waals surface area contributed by atoms with Crippen molar-refractivity contribution in [3.05, 3.63) is 210 Å². The molecule has 0 saturated carbocycles. The van der Waals surface area contributed by atoms with Crippen LogP contribution in [0.3, 0.4) is 0 Å². The molecule has 14 rings (SSSR count). The van der Waals surface area contributed by atoms with E-state index in [1.807, 2.05) is 110 Å². The van der Waals surface area contributed by atoms with Gasteiger partial charge < -0.3 is 9.13 Å². The van der Waals surface area contributed by atoms with Crippen LogP contribution in [-0.4, -0.2) is 73.9 Å². The van der Waals surface area contributed by atoms with Crippen LogP contribution < -0.4 is 0 Å². The number of aryl methyl sites for hydroxylation is 8. The molecule has 0 aliphatic heterocycles. The van der Waals surface area contributed by atoms with Crippen LogP contribution in [0.25, 0.3) is 134 Å². The molecule has 402 valence electrons. The van der Waals surface area contributed by atoms with E-state index < -0.39 is 0 Å². The summed E-state index contributed by atoms with van der Waals surface area (Å²) in [6.45, 7) is 15.0. The summed E-state index contributed by atoms with van der Waals surface area (Å²) >= 11 is 0. The van der Waals surface area contributed by atoms with Crippen molar-refractivity contribution in [2.75, 3.05) is 0 Å². The highest BCUT2D eigenvalue weighted by atomic mass is 15.1. The van der Waals surface area contributed by atoms with Crippen molar-refractivity contribution in [2.45, 2.75) is 55.4 Å². The minimum atomic E-state index is 0.435. The number of pyridine rings is 1. The zero-order valence-corrected chi connectivity index (χ0v) is 47.2. The fourth-order valence-corrected chi connectivity index (χ4v) is 11.6. The second kappa shape index (κ2) is 20.1. The normalized spacial score (nSPS) is 11.6. The van der Waals surface area contributed by atoms with Gasteiger partial charge >= 0.3 is 0 Å². The number of hydrogen-bond acceptors (Lipinski definition) is 14. The molecule has 84 heavy (non-hydrogen) atoms. The summed E-state index contributed by atoms with van der Waals surface area (Å²) in [5.41, 5.74) is 13.9. The molecule has 0 unspecified atom stereocenters. The van der Waals surface area contributed by atoms with Gasteiger partial charge in [0.1, 0.15) is 52.7 Å². The van der Waals surface area contributed by atoms with Crippen LogP contribution >= 0.6 is 0 Å². The molecule has 0 amide bonds. The minimum absolute atomic E-state index is 0.435. The zero-order valence-electron chi connectivity index (χ0n) is 47.2. The Hall–Kier alpha value is -11.2. The van der Waals surface area contributed by atoms with E-state index in [1.165, 1.54) is 0 Å². The number of rotatable bonds is 9. The SMILES string of the molecule is Cc1nc(C)nc(-c2ccc3c(c2)c2cc(-c4nc(C)nc(C)n4)ccc2n3-c2cc(-c3cc(-c4ccccc4)nc(-c4ccccc4)c3)c(-n3c4ccc(-c5nc(C)nc(C)n5)cc4c4cc(-c5nc(C)nc(C)n5)ccc43)cc2C#N)n1. The van der Waals surface area contributed by atoms with E-state index in [2.05, 4.69) is 138 Å². The Balaban J connectivity index is 1.10. The van der Waals surface area contributed by atoms with Gasteiger partial charge in [0.25, 0.3) is 0 Å². The Morgan fingerprint density at radius 3 is 0.905 bits per heavy atom. The maximum absolute atomic E-state index is 11.8. The van der Waals surface area contributed by atoms with E-state index in [1.54, 1.807) is 0 Å².